The minimum absolute atomic E-state index is 0.111. The van der Waals surface area contributed by atoms with E-state index in [1.165, 1.54) is 11.0 Å². The molecular formula is C25H27F3N4O3. The zero-order chi connectivity index (χ0) is 25.9. The van der Waals surface area contributed by atoms with Gasteiger partial charge in [-0.3, -0.25) is 24.7 Å². The van der Waals surface area contributed by atoms with Gasteiger partial charge in [-0.2, -0.15) is 13.2 Å². The molecule has 186 valence electrons. The molecule has 0 spiro atoms. The largest absolute Gasteiger partial charge is 0.416 e. The number of hydrogen-bond donors (Lipinski definition) is 3. The Labute approximate surface area is 201 Å². The first-order valence-corrected chi connectivity index (χ1v) is 11.1. The Hall–Kier alpha value is -3.82. The Bertz CT molecular complexity index is 1180. The van der Waals surface area contributed by atoms with Gasteiger partial charge in [0.1, 0.15) is 0 Å². The number of anilines is 2. The van der Waals surface area contributed by atoms with Crippen LogP contribution in [0.5, 0.6) is 0 Å². The van der Waals surface area contributed by atoms with Crippen LogP contribution in [0.1, 0.15) is 54.9 Å². The van der Waals surface area contributed by atoms with Crippen LogP contribution in [0.3, 0.4) is 0 Å². The van der Waals surface area contributed by atoms with Crippen LogP contribution in [0.4, 0.5) is 24.5 Å². The van der Waals surface area contributed by atoms with E-state index in [2.05, 4.69) is 10.9 Å². The number of fused-ring (bicyclic) bond motifs is 1. The van der Waals surface area contributed by atoms with Crippen LogP contribution in [-0.4, -0.2) is 17.7 Å². The molecule has 0 unspecified atom stereocenters. The molecule has 0 aromatic heterocycles. The van der Waals surface area contributed by atoms with Gasteiger partial charge < -0.3 is 11.2 Å². The molecule has 7 nitrogen and oxygen atoms in total. The molecule has 2 aromatic carbocycles. The molecule has 1 aliphatic heterocycles. The number of hydrazine groups is 1. The highest BCUT2D eigenvalue weighted by Crippen LogP contribution is 2.45. The third-order valence-electron chi connectivity index (χ3n) is 5.47. The maximum Gasteiger partial charge on any atom is 0.416 e. The summed E-state index contributed by atoms with van der Waals surface area (Å²) in [5.41, 5.74) is 12.5. The van der Waals surface area contributed by atoms with Crippen molar-refractivity contribution in [3.05, 3.63) is 64.3 Å². The molecule has 2 aromatic rings. The zero-order valence-electron chi connectivity index (χ0n) is 19.7. The second kappa shape index (κ2) is 10.2. The maximum atomic E-state index is 13.7. The number of hydrogen-bond acceptors (Lipinski definition) is 4. The monoisotopic (exact) mass is 488 g/mol. The molecule has 35 heavy (non-hydrogen) atoms. The highest BCUT2D eigenvalue weighted by molar-refractivity contribution is 6.35. The lowest BCUT2D eigenvalue weighted by atomic mass is 10.0. The number of allylic oxidation sites excluding steroid dienone is 1. The Morgan fingerprint density at radius 3 is 2.20 bits per heavy atom. The first-order chi connectivity index (χ1) is 16.4. The Morgan fingerprint density at radius 1 is 0.971 bits per heavy atom. The summed E-state index contributed by atoms with van der Waals surface area (Å²) in [4.78, 5) is 38.0. The number of nitrogens with one attached hydrogen (secondary N) is 2. The SMILES string of the molecule is CCC/C(NNC(=O)CCC(N)=O)=C1/C(=O)N(c2cc(C)cc(C)c2)c2cc(C(F)(F)F)ccc21. The van der Waals surface area contributed by atoms with Gasteiger partial charge in [0.05, 0.1) is 16.8 Å². The molecule has 3 amide bonds. The topological polar surface area (TPSA) is 105 Å². The normalized spacial score (nSPS) is 14.6. The molecule has 0 bridgehead atoms. The molecule has 0 saturated heterocycles. The van der Waals surface area contributed by atoms with E-state index in [1.807, 2.05) is 26.8 Å². The van der Waals surface area contributed by atoms with E-state index in [0.29, 0.717) is 29.8 Å². The van der Waals surface area contributed by atoms with Crippen molar-refractivity contribution in [2.45, 2.75) is 52.6 Å². The highest BCUT2D eigenvalue weighted by Gasteiger charge is 2.39. The zero-order valence-corrected chi connectivity index (χ0v) is 19.7. The van der Waals surface area contributed by atoms with Gasteiger partial charge >= 0.3 is 6.18 Å². The quantitative estimate of drug-likeness (QED) is 0.378. The van der Waals surface area contributed by atoms with Crippen LogP contribution < -0.4 is 21.5 Å². The number of carbonyl (C=O) groups is 3. The van der Waals surface area contributed by atoms with Gasteiger partial charge in [0.2, 0.25) is 11.8 Å². The van der Waals surface area contributed by atoms with Crippen molar-refractivity contribution in [3.63, 3.8) is 0 Å². The Balaban J connectivity index is 2.12. The van der Waals surface area contributed by atoms with E-state index in [9.17, 15) is 27.6 Å². The summed E-state index contributed by atoms with van der Waals surface area (Å²) in [5, 5.41) is 0. The van der Waals surface area contributed by atoms with E-state index >= 15 is 0 Å². The van der Waals surface area contributed by atoms with Crippen LogP contribution in [0.15, 0.2) is 42.1 Å². The van der Waals surface area contributed by atoms with Crippen LogP contribution in [0.2, 0.25) is 0 Å². The minimum Gasteiger partial charge on any atom is -0.370 e. The van der Waals surface area contributed by atoms with Crippen molar-refractivity contribution in [1.82, 2.24) is 10.9 Å². The van der Waals surface area contributed by atoms with Crippen molar-refractivity contribution < 1.29 is 27.6 Å². The summed E-state index contributed by atoms with van der Waals surface area (Å²) in [6.07, 6.45) is -3.94. The van der Waals surface area contributed by atoms with Crippen LogP contribution in [0, 0.1) is 13.8 Å². The minimum atomic E-state index is -4.59. The predicted octanol–water partition coefficient (Wildman–Crippen LogP) is 4.40. The van der Waals surface area contributed by atoms with Crippen molar-refractivity contribution >= 4 is 34.7 Å². The lowest BCUT2D eigenvalue weighted by Crippen LogP contribution is -2.38. The number of nitrogens with two attached hydrogens (primary N) is 1. The average molecular weight is 489 g/mol. The fourth-order valence-corrected chi connectivity index (χ4v) is 4.01. The smallest absolute Gasteiger partial charge is 0.370 e. The molecular weight excluding hydrogens is 461 g/mol. The second-order valence-corrected chi connectivity index (χ2v) is 8.46. The fraction of sp³-hybridized carbons (Fsp3) is 0.320. The highest BCUT2D eigenvalue weighted by atomic mass is 19.4. The number of aryl methyl sites for hydroxylation is 2. The number of amides is 3. The molecule has 0 saturated carbocycles. The number of alkyl halides is 3. The van der Waals surface area contributed by atoms with Gasteiger partial charge in [-0.25, -0.2) is 0 Å². The van der Waals surface area contributed by atoms with Gasteiger partial charge in [0, 0.05) is 29.8 Å². The summed E-state index contributed by atoms with van der Waals surface area (Å²) in [5.74, 6) is -1.65. The van der Waals surface area contributed by atoms with E-state index in [-0.39, 0.29) is 24.1 Å². The van der Waals surface area contributed by atoms with Gasteiger partial charge in [0.15, 0.2) is 0 Å². The number of halogens is 3. The summed E-state index contributed by atoms with van der Waals surface area (Å²) in [7, 11) is 0. The lowest BCUT2D eigenvalue weighted by Gasteiger charge is -2.20. The van der Waals surface area contributed by atoms with Crippen molar-refractivity contribution in [3.8, 4) is 0 Å². The van der Waals surface area contributed by atoms with E-state index in [4.69, 9.17) is 5.73 Å². The maximum absolute atomic E-state index is 13.7. The first kappa shape index (κ1) is 25.8. The average Bonchev–Trinajstić information content (AvgIpc) is 3.04. The van der Waals surface area contributed by atoms with Crippen molar-refractivity contribution in [1.29, 1.82) is 0 Å². The van der Waals surface area contributed by atoms with E-state index in [0.717, 1.165) is 23.3 Å². The number of primary amides is 1. The van der Waals surface area contributed by atoms with Gasteiger partial charge in [-0.05, 0) is 55.7 Å². The van der Waals surface area contributed by atoms with Crippen LogP contribution in [-0.2, 0) is 20.6 Å². The molecule has 3 rings (SSSR count). The van der Waals surface area contributed by atoms with E-state index < -0.39 is 29.5 Å². The molecule has 0 fully saturated rings. The van der Waals surface area contributed by atoms with E-state index in [1.54, 1.807) is 12.1 Å². The second-order valence-electron chi connectivity index (χ2n) is 8.46. The van der Waals surface area contributed by atoms with Gasteiger partial charge in [-0.15, -0.1) is 0 Å². The summed E-state index contributed by atoms with van der Waals surface area (Å²) in [6.45, 7) is 5.55. The number of benzene rings is 2. The Kier molecular flexibility index (Phi) is 7.52. The molecule has 4 N–H and O–H groups in total. The van der Waals surface area contributed by atoms with Crippen LogP contribution >= 0.6 is 0 Å². The number of carbonyl (C=O) groups excluding carboxylic acids is 3. The third kappa shape index (κ3) is 5.82. The van der Waals surface area contributed by atoms with Crippen LogP contribution in [0.25, 0.3) is 5.57 Å². The molecule has 0 radical (unpaired) electrons. The molecule has 1 aliphatic rings. The number of rotatable bonds is 8. The fourth-order valence-electron chi connectivity index (χ4n) is 4.01. The summed E-state index contributed by atoms with van der Waals surface area (Å²) in [6, 6.07) is 8.55. The van der Waals surface area contributed by atoms with Gasteiger partial charge in [0.25, 0.3) is 5.91 Å². The lowest BCUT2D eigenvalue weighted by molar-refractivity contribution is -0.137. The number of nitrogens with zero attached hydrogens (tertiary/aromatic N) is 1. The summed E-state index contributed by atoms with van der Waals surface area (Å²) < 4.78 is 40.6. The molecule has 10 heteroatoms. The van der Waals surface area contributed by atoms with Crippen molar-refractivity contribution in [2.75, 3.05) is 4.90 Å². The molecule has 0 atom stereocenters. The third-order valence-corrected chi connectivity index (χ3v) is 5.47. The Morgan fingerprint density at radius 2 is 1.63 bits per heavy atom. The summed E-state index contributed by atoms with van der Waals surface area (Å²) >= 11 is 0. The molecule has 0 aliphatic carbocycles. The van der Waals surface area contributed by atoms with Gasteiger partial charge in [-0.1, -0.05) is 25.5 Å². The molecule has 1 heterocycles. The predicted molar refractivity (Wildman–Crippen MR) is 126 cm³/mol. The van der Waals surface area contributed by atoms with Crippen molar-refractivity contribution in [2.24, 2.45) is 5.73 Å². The standard InChI is InChI=1S/C25H27F3N4O3/c1-4-5-19(30-31-22(34)9-8-21(29)33)23-18-7-6-16(25(26,27)28)13-20(18)32(24(23)35)17-11-14(2)10-15(3)12-17/h6-7,10-13,30H,4-5,8-9H2,1-3H3,(H2,29,33)(H,31,34)/b23-19-. The first-order valence-electron chi connectivity index (χ1n) is 11.1.